The molecule has 1 fully saturated rings. The lowest BCUT2D eigenvalue weighted by atomic mass is 10.3. The highest BCUT2D eigenvalue weighted by atomic mass is 127. The Hall–Kier alpha value is 0.120. The minimum absolute atomic E-state index is 0. The number of carbonyl (C=O) groups is 1. The van der Waals surface area contributed by atoms with Crippen LogP contribution in [0, 0.1) is 0 Å². The molecule has 0 aromatic rings. The zero-order valence-corrected chi connectivity index (χ0v) is 10.3. The molecule has 0 aromatic heterocycles. The normalized spacial score (nSPS) is 22.0. The summed E-state index contributed by atoms with van der Waals surface area (Å²) < 4.78 is 1.01. The SMILES string of the molecule is C[N+]1(C)CCN(CC(=O)O)CC1.[I-]. The Labute approximate surface area is 96.1 Å². The standard InChI is InChI=1S/C8H16N2O2.HI/c1-10(2)5-3-9(4-6-10)7-8(11)12;/h3-7H2,1-2H3;1H. The number of carboxylic acids is 1. The molecule has 0 unspecified atom stereocenters. The summed E-state index contributed by atoms with van der Waals surface area (Å²) in [6.07, 6.45) is 0. The number of rotatable bonds is 2. The molecule has 0 radical (unpaired) electrons. The van der Waals surface area contributed by atoms with Gasteiger partial charge in [0.25, 0.3) is 0 Å². The summed E-state index contributed by atoms with van der Waals surface area (Å²) in [4.78, 5) is 12.4. The lowest BCUT2D eigenvalue weighted by molar-refractivity contribution is -0.894. The number of carboxylic acid groups (broad SMARTS) is 1. The molecule has 0 spiro atoms. The Morgan fingerprint density at radius 3 is 2.23 bits per heavy atom. The number of quaternary nitrogens is 1. The monoisotopic (exact) mass is 300 g/mol. The van der Waals surface area contributed by atoms with Gasteiger partial charge in [0, 0.05) is 13.1 Å². The van der Waals surface area contributed by atoms with Crippen LogP contribution in [-0.4, -0.2) is 67.3 Å². The van der Waals surface area contributed by atoms with Crippen molar-refractivity contribution in [2.45, 2.75) is 0 Å². The number of halogens is 1. The van der Waals surface area contributed by atoms with E-state index in [0.29, 0.717) is 0 Å². The minimum Gasteiger partial charge on any atom is -1.00 e. The average Bonchev–Trinajstić information content (AvgIpc) is 1.93. The first-order chi connectivity index (χ1) is 5.49. The molecular formula is C8H17IN2O2. The highest BCUT2D eigenvalue weighted by Gasteiger charge is 2.24. The van der Waals surface area contributed by atoms with Gasteiger partial charge in [-0.25, -0.2) is 0 Å². The number of nitrogens with zero attached hydrogens (tertiary/aromatic N) is 2. The second-order valence-electron chi connectivity index (χ2n) is 4.05. The summed E-state index contributed by atoms with van der Waals surface area (Å²) >= 11 is 0. The summed E-state index contributed by atoms with van der Waals surface area (Å²) in [7, 11) is 4.36. The molecule has 4 nitrogen and oxygen atoms in total. The third-order valence-electron chi connectivity index (χ3n) is 2.40. The Morgan fingerprint density at radius 1 is 1.38 bits per heavy atom. The van der Waals surface area contributed by atoms with Gasteiger partial charge in [0.05, 0.1) is 33.7 Å². The molecule has 0 atom stereocenters. The summed E-state index contributed by atoms with van der Waals surface area (Å²) in [5.74, 6) is -0.720. The van der Waals surface area contributed by atoms with Gasteiger partial charge in [0.1, 0.15) is 0 Å². The van der Waals surface area contributed by atoms with Gasteiger partial charge in [0.2, 0.25) is 0 Å². The maximum absolute atomic E-state index is 10.4. The summed E-state index contributed by atoms with van der Waals surface area (Å²) in [5.41, 5.74) is 0. The van der Waals surface area contributed by atoms with Crippen LogP contribution in [0.5, 0.6) is 0 Å². The largest absolute Gasteiger partial charge is 1.00 e. The van der Waals surface area contributed by atoms with Gasteiger partial charge in [0.15, 0.2) is 0 Å². The van der Waals surface area contributed by atoms with Gasteiger partial charge in [-0.15, -0.1) is 0 Å². The Morgan fingerprint density at radius 2 is 1.85 bits per heavy atom. The van der Waals surface area contributed by atoms with E-state index in [-0.39, 0.29) is 30.5 Å². The molecule has 1 N–H and O–H groups in total. The molecular weight excluding hydrogens is 283 g/mol. The van der Waals surface area contributed by atoms with Gasteiger partial charge in [-0.05, 0) is 0 Å². The first-order valence-corrected chi connectivity index (χ1v) is 4.26. The minimum atomic E-state index is -0.720. The van der Waals surface area contributed by atoms with E-state index in [1.807, 2.05) is 4.90 Å². The molecule has 78 valence electrons. The second kappa shape index (κ2) is 5.11. The zero-order valence-electron chi connectivity index (χ0n) is 8.16. The van der Waals surface area contributed by atoms with E-state index in [4.69, 9.17) is 5.11 Å². The van der Waals surface area contributed by atoms with Crippen LogP contribution in [0.2, 0.25) is 0 Å². The third kappa shape index (κ3) is 4.78. The summed E-state index contributed by atoms with van der Waals surface area (Å²) in [5, 5.41) is 8.55. The Bertz CT molecular complexity index is 175. The van der Waals surface area contributed by atoms with Crippen LogP contribution in [0.25, 0.3) is 0 Å². The second-order valence-corrected chi connectivity index (χ2v) is 4.05. The smallest absolute Gasteiger partial charge is 0.317 e. The molecule has 1 rings (SSSR count). The number of aliphatic carboxylic acids is 1. The van der Waals surface area contributed by atoms with Crippen LogP contribution >= 0.6 is 0 Å². The fourth-order valence-corrected chi connectivity index (χ4v) is 1.40. The fourth-order valence-electron chi connectivity index (χ4n) is 1.40. The van der Waals surface area contributed by atoms with Gasteiger partial charge in [-0.1, -0.05) is 0 Å². The van der Waals surface area contributed by atoms with Crippen LogP contribution in [0.15, 0.2) is 0 Å². The van der Waals surface area contributed by atoms with Crippen LogP contribution in [0.1, 0.15) is 0 Å². The molecule has 1 heterocycles. The van der Waals surface area contributed by atoms with Gasteiger partial charge >= 0.3 is 5.97 Å². The van der Waals surface area contributed by atoms with Gasteiger partial charge in [-0.2, -0.15) is 0 Å². The van der Waals surface area contributed by atoms with E-state index in [1.165, 1.54) is 0 Å². The molecule has 0 aliphatic carbocycles. The molecule has 13 heavy (non-hydrogen) atoms. The van der Waals surface area contributed by atoms with Crippen molar-refractivity contribution in [1.29, 1.82) is 0 Å². The quantitative estimate of drug-likeness (QED) is 0.424. The van der Waals surface area contributed by atoms with Crippen molar-refractivity contribution in [2.24, 2.45) is 0 Å². The van der Waals surface area contributed by atoms with E-state index >= 15 is 0 Å². The highest BCUT2D eigenvalue weighted by molar-refractivity contribution is 5.69. The average molecular weight is 300 g/mol. The summed E-state index contributed by atoms with van der Waals surface area (Å²) in [6.45, 7) is 4.10. The highest BCUT2D eigenvalue weighted by Crippen LogP contribution is 2.05. The Kier molecular flexibility index (Phi) is 5.16. The maximum Gasteiger partial charge on any atom is 0.317 e. The topological polar surface area (TPSA) is 40.5 Å². The predicted octanol–water partition coefficient (Wildman–Crippen LogP) is -3.53. The number of piperazine rings is 1. The molecule has 0 bridgehead atoms. The number of hydrogen-bond acceptors (Lipinski definition) is 2. The molecule has 1 aliphatic rings. The van der Waals surface area contributed by atoms with Crippen molar-refractivity contribution >= 4 is 5.97 Å². The van der Waals surface area contributed by atoms with Crippen molar-refractivity contribution < 1.29 is 38.4 Å². The molecule has 1 saturated heterocycles. The summed E-state index contributed by atoms with van der Waals surface area (Å²) in [6, 6.07) is 0. The predicted molar refractivity (Wildman–Crippen MR) is 45.9 cm³/mol. The van der Waals surface area contributed by atoms with Gasteiger partial charge in [-0.3, -0.25) is 9.69 Å². The van der Waals surface area contributed by atoms with Crippen LogP contribution in [-0.2, 0) is 4.79 Å². The molecule has 5 heteroatoms. The van der Waals surface area contributed by atoms with Crippen LogP contribution in [0.4, 0.5) is 0 Å². The van der Waals surface area contributed by atoms with E-state index in [0.717, 1.165) is 30.7 Å². The van der Waals surface area contributed by atoms with Crippen molar-refractivity contribution in [3.8, 4) is 0 Å². The van der Waals surface area contributed by atoms with E-state index in [1.54, 1.807) is 0 Å². The van der Waals surface area contributed by atoms with Crippen molar-refractivity contribution in [3.05, 3.63) is 0 Å². The number of hydrogen-bond donors (Lipinski definition) is 1. The van der Waals surface area contributed by atoms with Crippen molar-refractivity contribution in [2.75, 3.05) is 46.8 Å². The Balaban J connectivity index is 0.00000144. The molecule has 1 aliphatic heterocycles. The lowest BCUT2D eigenvalue weighted by Gasteiger charge is -2.38. The zero-order chi connectivity index (χ0) is 9.19. The fraction of sp³-hybridized carbons (Fsp3) is 0.875. The van der Waals surface area contributed by atoms with Crippen molar-refractivity contribution in [1.82, 2.24) is 4.90 Å². The van der Waals surface area contributed by atoms with Crippen molar-refractivity contribution in [3.63, 3.8) is 0 Å². The van der Waals surface area contributed by atoms with E-state index in [2.05, 4.69) is 14.1 Å². The third-order valence-corrected chi connectivity index (χ3v) is 2.40. The van der Waals surface area contributed by atoms with Crippen LogP contribution < -0.4 is 24.0 Å². The molecule has 0 amide bonds. The van der Waals surface area contributed by atoms with Gasteiger partial charge < -0.3 is 33.6 Å². The number of likely N-dealkylation sites (N-methyl/N-ethyl adjacent to an activating group) is 1. The maximum atomic E-state index is 10.4. The molecule has 0 saturated carbocycles. The van der Waals surface area contributed by atoms with E-state index in [9.17, 15) is 4.79 Å². The van der Waals surface area contributed by atoms with Crippen LogP contribution in [0.3, 0.4) is 0 Å². The first kappa shape index (κ1) is 13.1. The lowest BCUT2D eigenvalue weighted by Crippen LogP contribution is -3.00. The van der Waals surface area contributed by atoms with E-state index < -0.39 is 5.97 Å². The first-order valence-electron chi connectivity index (χ1n) is 4.26. The molecule has 0 aromatic carbocycles.